The summed E-state index contributed by atoms with van der Waals surface area (Å²) in [5.74, 6) is -0.377. The molecule has 3 heterocycles. The maximum atomic E-state index is 14.0. The number of hydrogen-bond donors (Lipinski definition) is 0. The second kappa shape index (κ2) is 8.17. The lowest BCUT2D eigenvalue weighted by Crippen LogP contribution is -2.49. The lowest BCUT2D eigenvalue weighted by molar-refractivity contribution is 0.122. The van der Waals surface area contributed by atoms with Crippen LogP contribution in [0.25, 0.3) is 0 Å². The summed E-state index contributed by atoms with van der Waals surface area (Å²) in [6.45, 7) is 3.97. The molecule has 29 heavy (non-hydrogen) atoms. The van der Waals surface area contributed by atoms with E-state index in [1.807, 2.05) is 11.0 Å². The van der Waals surface area contributed by atoms with Crippen molar-refractivity contribution in [2.24, 2.45) is 0 Å². The highest BCUT2D eigenvalue weighted by Gasteiger charge is 2.31. The highest BCUT2D eigenvalue weighted by Crippen LogP contribution is 2.24. The van der Waals surface area contributed by atoms with Crippen LogP contribution in [-0.2, 0) is 14.8 Å². The molecule has 0 atom stereocenters. The van der Waals surface area contributed by atoms with Crippen molar-refractivity contribution in [2.45, 2.75) is 4.90 Å². The fourth-order valence-corrected chi connectivity index (χ4v) is 4.92. The van der Waals surface area contributed by atoms with Gasteiger partial charge in [-0.25, -0.2) is 27.2 Å². The second-order valence-electron chi connectivity index (χ2n) is 6.80. The van der Waals surface area contributed by atoms with Crippen molar-refractivity contribution in [1.29, 1.82) is 0 Å². The molecular formula is C18H21F2N5O3S. The Hall–Kier alpha value is -2.37. The smallest absolute Gasteiger partial charge is 0.246 e. The molecule has 2 saturated heterocycles. The summed E-state index contributed by atoms with van der Waals surface area (Å²) in [6.07, 6.45) is 1.50. The zero-order valence-corrected chi connectivity index (χ0v) is 16.5. The van der Waals surface area contributed by atoms with E-state index in [9.17, 15) is 17.2 Å². The van der Waals surface area contributed by atoms with Gasteiger partial charge < -0.3 is 14.5 Å². The van der Waals surface area contributed by atoms with E-state index in [4.69, 9.17) is 4.74 Å². The number of rotatable bonds is 4. The molecule has 4 rings (SSSR count). The Morgan fingerprint density at radius 1 is 0.862 bits per heavy atom. The summed E-state index contributed by atoms with van der Waals surface area (Å²) in [5.41, 5.74) is 0. The van der Waals surface area contributed by atoms with Gasteiger partial charge in [-0.1, -0.05) is 0 Å². The monoisotopic (exact) mass is 425 g/mol. The van der Waals surface area contributed by atoms with Gasteiger partial charge >= 0.3 is 0 Å². The van der Waals surface area contributed by atoms with Crippen molar-refractivity contribution in [2.75, 3.05) is 62.3 Å². The van der Waals surface area contributed by atoms with Gasteiger partial charge in [-0.15, -0.1) is 0 Å². The van der Waals surface area contributed by atoms with Crippen LogP contribution in [0.2, 0.25) is 0 Å². The van der Waals surface area contributed by atoms with E-state index in [-0.39, 0.29) is 13.1 Å². The lowest BCUT2D eigenvalue weighted by Gasteiger charge is -2.35. The molecule has 0 radical (unpaired) electrons. The Labute approximate surface area is 167 Å². The Balaban J connectivity index is 1.45. The molecule has 0 amide bonds. The highest BCUT2D eigenvalue weighted by atomic mass is 32.2. The SMILES string of the molecule is O=S(=O)(c1ccc(F)cc1F)N1CCN(c2cc(N3CCOCC3)ncn2)CC1. The fourth-order valence-electron chi connectivity index (χ4n) is 3.46. The standard InChI is InChI=1S/C18H21F2N5O3S/c19-14-1-2-16(15(20)11-14)29(26,27)25-5-3-23(4-6-25)17-12-18(22-13-21-17)24-7-9-28-10-8-24/h1-2,11-13H,3-10H2. The molecule has 1 aromatic heterocycles. The van der Waals surface area contributed by atoms with Gasteiger partial charge in [0.15, 0.2) is 0 Å². The summed E-state index contributed by atoms with van der Waals surface area (Å²) in [4.78, 5) is 12.2. The minimum absolute atomic E-state index is 0.177. The number of piperazine rings is 1. The molecule has 0 N–H and O–H groups in total. The Morgan fingerprint density at radius 3 is 2.10 bits per heavy atom. The van der Waals surface area contributed by atoms with Crippen LogP contribution in [0.5, 0.6) is 0 Å². The number of hydrogen-bond acceptors (Lipinski definition) is 7. The largest absolute Gasteiger partial charge is 0.378 e. The molecule has 11 heteroatoms. The van der Waals surface area contributed by atoms with E-state index in [1.165, 1.54) is 10.6 Å². The van der Waals surface area contributed by atoms with Crippen LogP contribution < -0.4 is 9.80 Å². The van der Waals surface area contributed by atoms with Gasteiger partial charge in [0.05, 0.1) is 13.2 Å². The average Bonchev–Trinajstić information content (AvgIpc) is 2.74. The van der Waals surface area contributed by atoms with E-state index in [0.29, 0.717) is 38.2 Å². The number of aromatic nitrogens is 2. The van der Waals surface area contributed by atoms with Gasteiger partial charge in [-0.3, -0.25) is 0 Å². The number of sulfonamides is 1. The van der Waals surface area contributed by atoms with Crippen LogP contribution in [0.15, 0.2) is 35.5 Å². The van der Waals surface area contributed by atoms with Crippen molar-refractivity contribution >= 4 is 21.7 Å². The van der Waals surface area contributed by atoms with Gasteiger partial charge in [-0.2, -0.15) is 4.31 Å². The number of ether oxygens (including phenoxy) is 1. The minimum Gasteiger partial charge on any atom is -0.378 e. The summed E-state index contributed by atoms with van der Waals surface area (Å²) in [6, 6.07) is 4.37. The van der Waals surface area contributed by atoms with Crippen LogP contribution in [-0.4, -0.2) is 75.2 Å². The third kappa shape index (κ3) is 4.16. The molecule has 2 aliphatic rings. The molecule has 0 bridgehead atoms. The average molecular weight is 425 g/mol. The fraction of sp³-hybridized carbons (Fsp3) is 0.444. The first-order chi connectivity index (χ1) is 13.9. The van der Waals surface area contributed by atoms with Gasteiger partial charge in [0.2, 0.25) is 10.0 Å². The number of nitrogens with zero attached hydrogens (tertiary/aromatic N) is 5. The van der Waals surface area contributed by atoms with Crippen LogP contribution in [0.3, 0.4) is 0 Å². The van der Waals surface area contributed by atoms with Crippen molar-refractivity contribution < 1.29 is 21.9 Å². The molecule has 2 aliphatic heterocycles. The Kier molecular flexibility index (Phi) is 5.61. The van der Waals surface area contributed by atoms with Gasteiger partial charge in [0.25, 0.3) is 0 Å². The molecular weight excluding hydrogens is 404 g/mol. The zero-order valence-electron chi connectivity index (χ0n) is 15.7. The van der Waals surface area contributed by atoms with Crippen LogP contribution >= 0.6 is 0 Å². The van der Waals surface area contributed by atoms with Crippen LogP contribution in [0, 0.1) is 11.6 Å². The molecule has 156 valence electrons. The highest BCUT2D eigenvalue weighted by molar-refractivity contribution is 7.89. The van der Waals surface area contributed by atoms with E-state index >= 15 is 0 Å². The number of morpholine rings is 1. The normalized spacial score (nSPS) is 18.8. The predicted molar refractivity (Wildman–Crippen MR) is 102 cm³/mol. The third-order valence-electron chi connectivity index (χ3n) is 5.05. The molecule has 1 aromatic carbocycles. The molecule has 0 spiro atoms. The van der Waals surface area contributed by atoms with Gasteiger partial charge in [-0.05, 0) is 12.1 Å². The molecule has 8 nitrogen and oxygen atoms in total. The predicted octanol–water partition coefficient (Wildman–Crippen LogP) is 1.10. The lowest BCUT2D eigenvalue weighted by atomic mass is 10.3. The molecule has 0 aliphatic carbocycles. The summed E-state index contributed by atoms with van der Waals surface area (Å²) >= 11 is 0. The Morgan fingerprint density at radius 2 is 1.48 bits per heavy atom. The Bertz CT molecular complexity index is 977. The van der Waals surface area contributed by atoms with E-state index in [1.54, 1.807) is 0 Å². The first-order valence-electron chi connectivity index (χ1n) is 9.30. The zero-order chi connectivity index (χ0) is 20.4. The summed E-state index contributed by atoms with van der Waals surface area (Å²) in [5, 5.41) is 0. The first-order valence-corrected chi connectivity index (χ1v) is 10.7. The van der Waals surface area contributed by atoms with E-state index < -0.39 is 26.6 Å². The van der Waals surface area contributed by atoms with Crippen molar-refractivity contribution in [3.8, 4) is 0 Å². The van der Waals surface area contributed by atoms with E-state index in [2.05, 4.69) is 14.9 Å². The van der Waals surface area contributed by atoms with Crippen molar-refractivity contribution in [3.05, 3.63) is 42.2 Å². The van der Waals surface area contributed by atoms with Crippen molar-refractivity contribution in [3.63, 3.8) is 0 Å². The maximum absolute atomic E-state index is 14.0. The van der Waals surface area contributed by atoms with Crippen molar-refractivity contribution in [1.82, 2.24) is 14.3 Å². The van der Waals surface area contributed by atoms with Crippen LogP contribution in [0.1, 0.15) is 0 Å². The second-order valence-corrected chi connectivity index (χ2v) is 8.71. The quantitative estimate of drug-likeness (QED) is 0.726. The number of benzene rings is 1. The summed E-state index contributed by atoms with van der Waals surface area (Å²) < 4.78 is 59.1. The third-order valence-corrected chi connectivity index (χ3v) is 6.98. The first kappa shape index (κ1) is 19.9. The molecule has 2 fully saturated rings. The van der Waals surface area contributed by atoms with E-state index in [0.717, 1.165) is 31.0 Å². The number of anilines is 2. The van der Waals surface area contributed by atoms with Gasteiger partial charge in [0.1, 0.15) is 34.5 Å². The minimum atomic E-state index is -4.03. The topological polar surface area (TPSA) is 78.9 Å². The number of halogens is 2. The van der Waals surface area contributed by atoms with Gasteiger partial charge in [0, 0.05) is 51.4 Å². The summed E-state index contributed by atoms with van der Waals surface area (Å²) in [7, 11) is -4.03. The molecule has 2 aromatic rings. The maximum Gasteiger partial charge on any atom is 0.246 e. The van der Waals surface area contributed by atoms with Crippen LogP contribution in [0.4, 0.5) is 20.4 Å². The molecule has 0 unspecified atom stereocenters. The molecule has 0 saturated carbocycles.